The highest BCUT2D eigenvalue weighted by Crippen LogP contribution is 2.27. The van der Waals surface area contributed by atoms with E-state index in [1.807, 2.05) is 0 Å². The van der Waals surface area contributed by atoms with Gasteiger partial charge >= 0.3 is 0 Å². The van der Waals surface area contributed by atoms with E-state index >= 15 is 0 Å². The Hall–Kier alpha value is -1.02. The van der Waals surface area contributed by atoms with Crippen LogP contribution in [0.4, 0.5) is 0 Å². The predicted molar refractivity (Wildman–Crippen MR) is 115 cm³/mol. The van der Waals surface area contributed by atoms with E-state index in [2.05, 4.69) is 35.8 Å². The highest BCUT2D eigenvalue weighted by atomic mass is 16.6. The van der Waals surface area contributed by atoms with Crippen molar-refractivity contribution in [2.45, 2.75) is 64.2 Å². The number of epoxide rings is 4. The molecule has 0 N–H and O–H groups in total. The Kier molecular flexibility index (Phi) is 6.42. The molecule has 4 fully saturated rings. The lowest BCUT2D eigenvalue weighted by atomic mass is 9.91. The molecule has 30 heavy (non-hydrogen) atoms. The van der Waals surface area contributed by atoms with Crippen LogP contribution in [0.5, 0.6) is 0 Å². The molecule has 6 heteroatoms. The van der Waals surface area contributed by atoms with E-state index in [4.69, 9.17) is 18.9 Å². The van der Waals surface area contributed by atoms with E-state index in [0.29, 0.717) is 24.4 Å². The van der Waals surface area contributed by atoms with E-state index in [0.717, 1.165) is 78.5 Å². The van der Waals surface area contributed by atoms with Gasteiger partial charge in [0.1, 0.15) is 0 Å². The van der Waals surface area contributed by atoms with Crippen LogP contribution < -0.4 is 0 Å². The van der Waals surface area contributed by atoms with E-state index in [-0.39, 0.29) is 0 Å². The molecule has 1 aromatic carbocycles. The summed E-state index contributed by atoms with van der Waals surface area (Å²) in [6.07, 6.45) is 3.83. The maximum atomic E-state index is 5.51. The number of benzene rings is 1. The third kappa shape index (κ3) is 5.81. The van der Waals surface area contributed by atoms with Crippen LogP contribution in [0.25, 0.3) is 0 Å². The molecule has 4 saturated heterocycles. The Labute approximate surface area is 180 Å². The number of nitrogens with zero attached hydrogens (tertiary/aromatic N) is 2. The van der Waals surface area contributed by atoms with Crippen molar-refractivity contribution in [3.63, 3.8) is 0 Å². The molecule has 0 saturated carbocycles. The van der Waals surface area contributed by atoms with E-state index in [1.165, 1.54) is 11.1 Å². The molecule has 166 valence electrons. The molecule has 4 aliphatic heterocycles. The number of rotatable bonds is 14. The zero-order valence-corrected chi connectivity index (χ0v) is 18.5. The third-order valence-corrected chi connectivity index (χ3v) is 6.58. The molecule has 0 spiro atoms. The topological polar surface area (TPSA) is 56.6 Å². The molecule has 4 heterocycles. The first kappa shape index (κ1) is 20.9. The van der Waals surface area contributed by atoms with Crippen LogP contribution in [-0.4, -0.2) is 86.8 Å². The minimum absolute atomic E-state index is 0.418. The molecular weight excluding hydrogens is 380 g/mol. The Morgan fingerprint density at radius 1 is 0.633 bits per heavy atom. The predicted octanol–water partition coefficient (Wildman–Crippen LogP) is 2.01. The molecule has 0 aromatic heterocycles. The van der Waals surface area contributed by atoms with Gasteiger partial charge in [-0.15, -0.1) is 0 Å². The second-order valence-electron chi connectivity index (χ2n) is 9.26. The van der Waals surface area contributed by atoms with Gasteiger partial charge in [0.05, 0.1) is 50.8 Å². The summed E-state index contributed by atoms with van der Waals surface area (Å²) in [4.78, 5) is 5.06. The second kappa shape index (κ2) is 9.23. The molecule has 0 amide bonds. The Bertz CT molecular complexity index is 637. The zero-order valence-electron chi connectivity index (χ0n) is 18.5. The maximum absolute atomic E-state index is 5.51. The van der Waals surface area contributed by atoms with Crippen LogP contribution in [0.1, 0.15) is 36.1 Å². The maximum Gasteiger partial charge on any atom is 0.0936 e. The highest BCUT2D eigenvalue weighted by Gasteiger charge is 2.32. The summed E-state index contributed by atoms with van der Waals surface area (Å²) < 4.78 is 22.0. The molecule has 6 nitrogen and oxygen atoms in total. The Balaban J connectivity index is 1.31. The van der Waals surface area contributed by atoms with Gasteiger partial charge in [-0.25, -0.2) is 0 Å². The number of hydrogen-bond acceptors (Lipinski definition) is 6. The van der Waals surface area contributed by atoms with Gasteiger partial charge in [0.15, 0.2) is 0 Å². The summed E-state index contributed by atoms with van der Waals surface area (Å²) >= 11 is 0. The van der Waals surface area contributed by atoms with E-state index < -0.39 is 0 Å². The van der Waals surface area contributed by atoms with Crippen LogP contribution in [0, 0.1) is 0 Å². The third-order valence-electron chi connectivity index (χ3n) is 6.58. The summed E-state index contributed by atoms with van der Waals surface area (Å²) in [6.45, 7) is 14.3. The van der Waals surface area contributed by atoms with Gasteiger partial charge in [0.25, 0.3) is 0 Å². The minimum atomic E-state index is 0.418. The molecule has 4 aliphatic rings. The summed E-state index contributed by atoms with van der Waals surface area (Å²) in [6, 6.07) is 4.75. The van der Waals surface area contributed by atoms with Gasteiger partial charge in [-0.2, -0.15) is 0 Å². The van der Waals surface area contributed by atoms with Gasteiger partial charge in [0, 0.05) is 39.3 Å². The Morgan fingerprint density at radius 2 is 0.933 bits per heavy atom. The standard InChI is InChI=1S/C24H36N2O4/c1-3-23-17(7-25(9-19-13-27-19)10-20-14-28-20)5-6-18(24(23)4-2)8-26(11-21-15-29-21)12-22-16-30-22/h5-6,19-22H,3-4,7-16H2,1-2H3. The minimum Gasteiger partial charge on any atom is -0.372 e. The molecule has 5 rings (SSSR count). The lowest BCUT2D eigenvalue weighted by Crippen LogP contribution is -2.32. The average Bonchev–Trinajstić information content (AvgIpc) is 3.54. The first-order valence-electron chi connectivity index (χ1n) is 11.7. The van der Waals surface area contributed by atoms with Crippen molar-refractivity contribution in [1.82, 2.24) is 9.80 Å². The lowest BCUT2D eigenvalue weighted by molar-refractivity contribution is 0.210. The molecular formula is C24H36N2O4. The first-order valence-corrected chi connectivity index (χ1v) is 11.7. The van der Waals surface area contributed by atoms with Crippen LogP contribution in [0.2, 0.25) is 0 Å². The van der Waals surface area contributed by atoms with Crippen molar-refractivity contribution >= 4 is 0 Å². The summed E-state index contributed by atoms with van der Waals surface area (Å²) in [7, 11) is 0. The molecule has 0 aliphatic carbocycles. The highest BCUT2D eigenvalue weighted by molar-refractivity contribution is 5.41. The lowest BCUT2D eigenvalue weighted by Gasteiger charge is -2.26. The van der Waals surface area contributed by atoms with Crippen molar-refractivity contribution in [3.8, 4) is 0 Å². The summed E-state index contributed by atoms with van der Waals surface area (Å²) in [5.74, 6) is 0. The molecule has 0 radical (unpaired) electrons. The largest absolute Gasteiger partial charge is 0.372 e. The normalized spacial score (nSPS) is 28.9. The summed E-state index contributed by atoms with van der Waals surface area (Å²) in [5.41, 5.74) is 6.03. The Morgan fingerprint density at radius 3 is 1.17 bits per heavy atom. The van der Waals surface area contributed by atoms with Crippen LogP contribution in [0.3, 0.4) is 0 Å². The number of ether oxygens (including phenoxy) is 4. The smallest absolute Gasteiger partial charge is 0.0936 e. The molecule has 4 atom stereocenters. The fourth-order valence-corrected chi connectivity index (χ4v) is 4.70. The van der Waals surface area contributed by atoms with E-state index in [1.54, 1.807) is 11.1 Å². The van der Waals surface area contributed by atoms with Crippen molar-refractivity contribution < 1.29 is 18.9 Å². The average molecular weight is 417 g/mol. The van der Waals surface area contributed by atoms with E-state index in [9.17, 15) is 0 Å². The van der Waals surface area contributed by atoms with Gasteiger partial charge in [-0.1, -0.05) is 26.0 Å². The molecule has 0 bridgehead atoms. The van der Waals surface area contributed by atoms with Crippen molar-refractivity contribution in [2.24, 2.45) is 0 Å². The quantitative estimate of drug-likeness (QED) is 0.433. The van der Waals surface area contributed by atoms with Crippen molar-refractivity contribution in [3.05, 3.63) is 34.4 Å². The van der Waals surface area contributed by atoms with Crippen LogP contribution in [-0.2, 0) is 44.9 Å². The monoisotopic (exact) mass is 416 g/mol. The van der Waals surface area contributed by atoms with Crippen LogP contribution >= 0.6 is 0 Å². The van der Waals surface area contributed by atoms with Crippen molar-refractivity contribution in [2.75, 3.05) is 52.6 Å². The fraction of sp³-hybridized carbons (Fsp3) is 0.750. The first-order chi connectivity index (χ1) is 14.7. The SMILES string of the molecule is CCc1c(CN(CC2CO2)CC2CO2)ccc(CN(CC2CO2)CC2CO2)c1CC. The zero-order chi connectivity index (χ0) is 20.5. The van der Waals surface area contributed by atoms with Crippen molar-refractivity contribution in [1.29, 1.82) is 0 Å². The number of hydrogen-bond donors (Lipinski definition) is 0. The van der Waals surface area contributed by atoms with Gasteiger partial charge in [-0.05, 0) is 35.1 Å². The van der Waals surface area contributed by atoms with Gasteiger partial charge in [-0.3, -0.25) is 9.80 Å². The molecule has 4 unspecified atom stereocenters. The fourth-order valence-electron chi connectivity index (χ4n) is 4.70. The van der Waals surface area contributed by atoms with Gasteiger partial charge < -0.3 is 18.9 Å². The van der Waals surface area contributed by atoms with Gasteiger partial charge in [0.2, 0.25) is 0 Å². The second-order valence-corrected chi connectivity index (χ2v) is 9.26. The van der Waals surface area contributed by atoms with Crippen LogP contribution in [0.15, 0.2) is 12.1 Å². The summed E-state index contributed by atoms with van der Waals surface area (Å²) in [5, 5.41) is 0. The molecule has 1 aromatic rings.